The summed E-state index contributed by atoms with van der Waals surface area (Å²) in [4.78, 5) is 33.3. The third kappa shape index (κ3) is 7.03. The fourth-order valence-electron chi connectivity index (χ4n) is 4.15. The number of piperidine rings is 1. The average molecular weight is 553 g/mol. The summed E-state index contributed by atoms with van der Waals surface area (Å²) in [7, 11) is 0. The third-order valence-electron chi connectivity index (χ3n) is 5.70. The summed E-state index contributed by atoms with van der Waals surface area (Å²) in [5.41, 5.74) is 2.24. The van der Waals surface area contributed by atoms with E-state index in [1.54, 1.807) is 24.3 Å². The highest BCUT2D eigenvalue weighted by Gasteiger charge is 2.34. The molecular weight excluding hydrogens is 517 g/mol. The first kappa shape index (κ1) is 26.3. The molecule has 2 aliphatic rings. The molecule has 1 fully saturated rings. The second-order valence-corrected chi connectivity index (χ2v) is 8.43. The molecule has 0 unspecified atom stereocenters. The minimum absolute atomic E-state index is 0. The first-order valence-electron chi connectivity index (χ1n) is 11.4. The lowest BCUT2D eigenvalue weighted by molar-refractivity contribution is 0.0652. The Morgan fingerprint density at radius 1 is 1.12 bits per heavy atom. The number of benzene rings is 1. The second-order valence-electron chi connectivity index (χ2n) is 8.43. The normalized spacial score (nSPS) is 17.2. The maximum absolute atomic E-state index is 12.4. The van der Waals surface area contributed by atoms with Crippen molar-refractivity contribution in [2.75, 3.05) is 39.3 Å². The topological polar surface area (TPSA) is 77.0 Å². The average Bonchev–Trinajstić information content (AvgIpc) is 2.99. The number of hydrogen-bond acceptors (Lipinski definition) is 4. The van der Waals surface area contributed by atoms with Crippen molar-refractivity contribution in [2.45, 2.75) is 45.6 Å². The van der Waals surface area contributed by atoms with Crippen molar-refractivity contribution >= 4 is 41.8 Å². The van der Waals surface area contributed by atoms with Crippen LogP contribution in [0.25, 0.3) is 0 Å². The van der Waals surface area contributed by atoms with E-state index in [-0.39, 0.29) is 35.8 Å². The quantitative estimate of drug-likeness (QED) is 0.123. The minimum atomic E-state index is -0.183. The van der Waals surface area contributed by atoms with Gasteiger partial charge in [-0.2, -0.15) is 0 Å². The number of rotatable bonds is 9. The molecule has 1 aromatic carbocycles. The Balaban J connectivity index is 0.00000363. The summed E-state index contributed by atoms with van der Waals surface area (Å²) in [6.07, 6.45) is 3.75. The van der Waals surface area contributed by atoms with Crippen LogP contribution in [-0.4, -0.2) is 72.9 Å². The Morgan fingerprint density at radius 3 is 2.31 bits per heavy atom. The predicted octanol–water partition coefficient (Wildman–Crippen LogP) is 3.28. The van der Waals surface area contributed by atoms with Gasteiger partial charge in [-0.05, 0) is 51.7 Å². The summed E-state index contributed by atoms with van der Waals surface area (Å²) in [6, 6.07) is 7.45. The van der Waals surface area contributed by atoms with E-state index in [0.29, 0.717) is 30.3 Å². The molecule has 32 heavy (non-hydrogen) atoms. The number of aliphatic imine (C=N–C) groups is 1. The van der Waals surface area contributed by atoms with Gasteiger partial charge in [0.1, 0.15) is 0 Å². The number of carbonyl (C=O) groups is 2. The SMILES string of the molecule is C=C(C)CN1CCC(NC(=NCCCCN2C(=O)c3ccccc3C2=O)NCC)CC1.I. The number of nitrogens with one attached hydrogen (secondary N) is 2. The van der Waals surface area contributed by atoms with Gasteiger partial charge < -0.3 is 10.6 Å². The molecule has 2 N–H and O–H groups in total. The van der Waals surface area contributed by atoms with Gasteiger partial charge in [-0.1, -0.05) is 24.3 Å². The van der Waals surface area contributed by atoms with Crippen LogP contribution in [0.5, 0.6) is 0 Å². The summed E-state index contributed by atoms with van der Waals surface area (Å²) in [6.45, 7) is 13.2. The largest absolute Gasteiger partial charge is 0.357 e. The molecule has 0 atom stereocenters. The summed E-state index contributed by atoms with van der Waals surface area (Å²) in [5.74, 6) is 0.482. The highest BCUT2D eigenvalue weighted by Crippen LogP contribution is 2.22. The van der Waals surface area contributed by atoms with Crippen LogP contribution in [0.4, 0.5) is 0 Å². The van der Waals surface area contributed by atoms with Gasteiger partial charge in [0.05, 0.1) is 11.1 Å². The Bertz CT molecular complexity index is 798. The number of unbranched alkanes of at least 4 members (excludes halogenated alkanes) is 1. The molecule has 8 heteroatoms. The fraction of sp³-hybridized carbons (Fsp3) is 0.542. The Morgan fingerprint density at radius 2 is 1.75 bits per heavy atom. The second kappa shape index (κ2) is 12.9. The van der Waals surface area contributed by atoms with Gasteiger partial charge in [0, 0.05) is 45.3 Å². The number of hydrogen-bond donors (Lipinski definition) is 2. The molecule has 7 nitrogen and oxygen atoms in total. The molecule has 1 aromatic rings. The van der Waals surface area contributed by atoms with Crippen molar-refractivity contribution in [3.63, 3.8) is 0 Å². The molecule has 0 aliphatic carbocycles. The van der Waals surface area contributed by atoms with Gasteiger partial charge in [-0.3, -0.25) is 24.4 Å². The number of fused-ring (bicyclic) bond motifs is 1. The van der Waals surface area contributed by atoms with E-state index in [4.69, 9.17) is 4.99 Å². The molecule has 2 heterocycles. The first-order chi connectivity index (χ1) is 15.0. The Labute approximate surface area is 208 Å². The minimum Gasteiger partial charge on any atom is -0.357 e. The Kier molecular flexibility index (Phi) is 10.6. The first-order valence-corrected chi connectivity index (χ1v) is 11.4. The number of amides is 2. The van der Waals surface area contributed by atoms with E-state index in [0.717, 1.165) is 57.8 Å². The molecule has 0 saturated carbocycles. The summed E-state index contributed by atoms with van der Waals surface area (Å²) >= 11 is 0. The van der Waals surface area contributed by atoms with Crippen LogP contribution in [0.1, 0.15) is 60.2 Å². The van der Waals surface area contributed by atoms with Gasteiger partial charge in [0.25, 0.3) is 11.8 Å². The Hall–Kier alpha value is -1.94. The van der Waals surface area contributed by atoms with Crippen LogP contribution >= 0.6 is 24.0 Å². The van der Waals surface area contributed by atoms with Crippen LogP contribution in [-0.2, 0) is 0 Å². The molecule has 1 saturated heterocycles. The fourth-order valence-corrected chi connectivity index (χ4v) is 4.15. The predicted molar refractivity (Wildman–Crippen MR) is 140 cm³/mol. The van der Waals surface area contributed by atoms with E-state index in [1.165, 1.54) is 10.5 Å². The van der Waals surface area contributed by atoms with Crippen molar-refractivity contribution in [1.29, 1.82) is 0 Å². The van der Waals surface area contributed by atoms with E-state index in [1.807, 2.05) is 0 Å². The third-order valence-corrected chi connectivity index (χ3v) is 5.70. The number of nitrogens with zero attached hydrogens (tertiary/aromatic N) is 3. The lowest BCUT2D eigenvalue weighted by Crippen LogP contribution is -2.48. The number of imide groups is 1. The molecular formula is C24H36IN5O2. The monoisotopic (exact) mass is 553 g/mol. The molecule has 176 valence electrons. The number of likely N-dealkylation sites (tertiary alicyclic amines) is 1. The number of guanidine groups is 1. The summed E-state index contributed by atoms with van der Waals surface area (Å²) in [5, 5.41) is 6.88. The van der Waals surface area contributed by atoms with Gasteiger partial charge in [0.2, 0.25) is 0 Å². The molecule has 2 aliphatic heterocycles. The molecule has 0 spiro atoms. The van der Waals surface area contributed by atoms with Gasteiger partial charge >= 0.3 is 0 Å². The van der Waals surface area contributed by atoms with Crippen molar-refractivity contribution in [1.82, 2.24) is 20.4 Å². The molecule has 0 radical (unpaired) electrons. The van der Waals surface area contributed by atoms with Gasteiger partial charge in [0.15, 0.2) is 5.96 Å². The zero-order chi connectivity index (χ0) is 22.2. The van der Waals surface area contributed by atoms with Crippen LogP contribution in [0.3, 0.4) is 0 Å². The van der Waals surface area contributed by atoms with Crippen LogP contribution in [0.2, 0.25) is 0 Å². The highest BCUT2D eigenvalue weighted by atomic mass is 127. The zero-order valence-corrected chi connectivity index (χ0v) is 21.6. The van der Waals surface area contributed by atoms with Gasteiger partial charge in [-0.25, -0.2) is 0 Å². The van der Waals surface area contributed by atoms with Crippen molar-refractivity contribution in [2.24, 2.45) is 4.99 Å². The molecule has 2 amide bonds. The van der Waals surface area contributed by atoms with Crippen LogP contribution in [0.15, 0.2) is 41.4 Å². The van der Waals surface area contributed by atoms with Crippen molar-refractivity contribution in [3.05, 3.63) is 47.5 Å². The maximum Gasteiger partial charge on any atom is 0.261 e. The highest BCUT2D eigenvalue weighted by molar-refractivity contribution is 14.0. The lowest BCUT2D eigenvalue weighted by atomic mass is 10.0. The number of halogens is 1. The van der Waals surface area contributed by atoms with E-state index in [2.05, 4.69) is 36.0 Å². The van der Waals surface area contributed by atoms with E-state index < -0.39 is 0 Å². The zero-order valence-electron chi connectivity index (χ0n) is 19.2. The molecule has 0 bridgehead atoms. The van der Waals surface area contributed by atoms with Crippen LogP contribution in [0, 0.1) is 0 Å². The van der Waals surface area contributed by atoms with Crippen LogP contribution < -0.4 is 10.6 Å². The van der Waals surface area contributed by atoms with Crippen molar-refractivity contribution in [3.8, 4) is 0 Å². The van der Waals surface area contributed by atoms with E-state index in [9.17, 15) is 9.59 Å². The van der Waals surface area contributed by atoms with Crippen molar-refractivity contribution < 1.29 is 9.59 Å². The standard InChI is InChI=1S/C24H35N5O2.HI/c1-4-25-24(27-19-11-15-28(16-12-19)17-18(2)3)26-13-7-8-14-29-22(30)20-9-5-6-10-21(20)23(29)31;/h5-6,9-10,19H,2,4,7-8,11-17H2,1,3H3,(H2,25,26,27);1H. The molecule has 3 rings (SSSR count). The number of carbonyl (C=O) groups excluding carboxylic acids is 2. The maximum atomic E-state index is 12.4. The lowest BCUT2D eigenvalue weighted by Gasteiger charge is -2.33. The molecule has 0 aromatic heterocycles. The smallest absolute Gasteiger partial charge is 0.261 e. The van der Waals surface area contributed by atoms with Gasteiger partial charge in [-0.15, -0.1) is 24.0 Å². The summed E-state index contributed by atoms with van der Waals surface area (Å²) < 4.78 is 0. The van der Waals surface area contributed by atoms with E-state index >= 15 is 0 Å².